The van der Waals surface area contributed by atoms with E-state index >= 15 is 0 Å². The molecule has 1 aliphatic carbocycles. The normalized spacial score (nSPS) is 15.1. The number of rotatable bonds is 4. The van der Waals surface area contributed by atoms with Crippen molar-refractivity contribution in [1.29, 1.82) is 0 Å². The van der Waals surface area contributed by atoms with Crippen LogP contribution in [-0.4, -0.2) is 27.5 Å². The molecular weight excluding hydrogens is 297 g/mol. The fraction of sp³-hybridized carbons (Fsp3) is 0.364. The van der Waals surface area contributed by atoms with Crippen LogP contribution in [0.15, 0.2) is 17.0 Å². The summed E-state index contributed by atoms with van der Waals surface area (Å²) in [6, 6.07) is 2.00. The summed E-state index contributed by atoms with van der Waals surface area (Å²) < 4.78 is 41.1. The number of hydrogen-bond acceptors (Lipinski definition) is 4. The Balaban J connectivity index is 2.46. The van der Waals surface area contributed by atoms with Crippen molar-refractivity contribution in [2.45, 2.75) is 23.8 Å². The minimum absolute atomic E-state index is 0.0775. The van der Waals surface area contributed by atoms with Gasteiger partial charge < -0.3 is 10.1 Å². The first-order valence-electron chi connectivity index (χ1n) is 5.46. The van der Waals surface area contributed by atoms with Gasteiger partial charge in [-0.25, -0.2) is 12.8 Å². The van der Waals surface area contributed by atoms with Crippen molar-refractivity contribution < 1.29 is 22.3 Å². The number of methoxy groups -OCH3 is 1. The molecule has 1 fully saturated rings. The second-order valence-corrected chi connectivity index (χ2v) is 6.71. The molecule has 0 spiro atoms. The Kier molecular flexibility index (Phi) is 3.69. The molecule has 1 N–H and O–H groups in total. The van der Waals surface area contributed by atoms with Crippen LogP contribution in [0.2, 0.25) is 0 Å². The van der Waals surface area contributed by atoms with Gasteiger partial charge in [0.25, 0.3) is 15.0 Å². The lowest BCUT2D eigenvalue weighted by molar-refractivity contribution is 0.0950. The van der Waals surface area contributed by atoms with Gasteiger partial charge in [-0.15, -0.1) is 0 Å². The molecule has 1 saturated carbocycles. The summed E-state index contributed by atoms with van der Waals surface area (Å²) in [5.41, 5.74) is -0.107. The van der Waals surface area contributed by atoms with Crippen molar-refractivity contribution in [2.24, 2.45) is 0 Å². The van der Waals surface area contributed by atoms with Crippen LogP contribution >= 0.6 is 10.7 Å². The molecule has 0 atom stereocenters. The van der Waals surface area contributed by atoms with Gasteiger partial charge in [-0.1, -0.05) is 0 Å². The lowest BCUT2D eigenvalue weighted by Gasteiger charge is -2.10. The largest absolute Gasteiger partial charge is 0.492 e. The van der Waals surface area contributed by atoms with Gasteiger partial charge in [0.15, 0.2) is 11.6 Å². The van der Waals surface area contributed by atoms with E-state index in [-0.39, 0.29) is 11.6 Å². The van der Waals surface area contributed by atoms with Crippen molar-refractivity contribution in [1.82, 2.24) is 5.32 Å². The van der Waals surface area contributed by atoms with E-state index in [1.807, 2.05) is 0 Å². The third kappa shape index (κ3) is 3.16. The highest BCUT2D eigenvalue weighted by Crippen LogP contribution is 2.31. The Hall–Kier alpha value is -1.34. The lowest BCUT2D eigenvalue weighted by atomic mass is 10.2. The topological polar surface area (TPSA) is 72.5 Å². The van der Waals surface area contributed by atoms with Gasteiger partial charge >= 0.3 is 0 Å². The maximum Gasteiger partial charge on any atom is 0.265 e. The monoisotopic (exact) mass is 307 g/mol. The van der Waals surface area contributed by atoms with Crippen LogP contribution in [0, 0.1) is 5.82 Å². The number of carbonyl (C=O) groups is 1. The number of ether oxygens (including phenoxy) is 1. The van der Waals surface area contributed by atoms with E-state index in [1.54, 1.807) is 0 Å². The predicted molar refractivity (Wildman–Crippen MR) is 66.5 cm³/mol. The molecule has 0 radical (unpaired) electrons. The summed E-state index contributed by atoms with van der Waals surface area (Å²) in [6.07, 6.45) is 1.73. The van der Waals surface area contributed by atoms with E-state index in [2.05, 4.69) is 10.1 Å². The summed E-state index contributed by atoms with van der Waals surface area (Å²) >= 11 is 0. The molecule has 5 nitrogen and oxygen atoms in total. The smallest absolute Gasteiger partial charge is 0.265 e. The van der Waals surface area contributed by atoms with Gasteiger partial charge in [0.1, 0.15) is 4.90 Å². The second kappa shape index (κ2) is 4.97. The van der Waals surface area contributed by atoms with Crippen molar-refractivity contribution in [2.75, 3.05) is 7.11 Å². The van der Waals surface area contributed by atoms with Crippen molar-refractivity contribution in [3.05, 3.63) is 23.5 Å². The van der Waals surface area contributed by atoms with Crippen LogP contribution < -0.4 is 10.1 Å². The van der Waals surface area contributed by atoms with E-state index < -0.39 is 31.4 Å². The fourth-order valence-corrected chi connectivity index (χ4v) is 2.59. The van der Waals surface area contributed by atoms with E-state index in [1.165, 1.54) is 0 Å². The van der Waals surface area contributed by atoms with Gasteiger partial charge in [-0.3, -0.25) is 4.79 Å². The number of halogens is 2. The minimum Gasteiger partial charge on any atom is -0.492 e. The molecule has 2 rings (SSSR count). The molecule has 104 valence electrons. The molecule has 0 heterocycles. The van der Waals surface area contributed by atoms with E-state index in [4.69, 9.17) is 10.7 Å². The maximum atomic E-state index is 13.7. The minimum atomic E-state index is -4.21. The molecule has 1 aromatic rings. The SMILES string of the molecule is COc1c(F)cc(C(=O)NC2CC2)cc1S(=O)(=O)Cl. The summed E-state index contributed by atoms with van der Waals surface area (Å²) in [7, 11) is 2.11. The number of carbonyl (C=O) groups excluding carboxylic acids is 1. The zero-order chi connectivity index (χ0) is 14.2. The van der Waals surface area contributed by atoms with Gasteiger partial charge in [-0.05, 0) is 25.0 Å². The molecule has 0 bridgehead atoms. The van der Waals surface area contributed by atoms with Crippen LogP contribution in [0.5, 0.6) is 5.75 Å². The van der Waals surface area contributed by atoms with Crippen LogP contribution in [0.3, 0.4) is 0 Å². The average molecular weight is 308 g/mol. The molecule has 19 heavy (non-hydrogen) atoms. The zero-order valence-corrected chi connectivity index (χ0v) is 11.5. The summed E-state index contributed by atoms with van der Waals surface area (Å²) in [4.78, 5) is 11.2. The zero-order valence-electron chi connectivity index (χ0n) is 9.94. The van der Waals surface area contributed by atoms with Crippen LogP contribution in [-0.2, 0) is 9.05 Å². The lowest BCUT2D eigenvalue weighted by Crippen LogP contribution is -2.25. The average Bonchev–Trinajstić information content (AvgIpc) is 3.10. The first-order chi connectivity index (χ1) is 8.82. The quantitative estimate of drug-likeness (QED) is 0.859. The van der Waals surface area contributed by atoms with Crippen LogP contribution in [0.1, 0.15) is 23.2 Å². The fourth-order valence-electron chi connectivity index (χ4n) is 1.57. The number of nitrogens with one attached hydrogen (secondary N) is 1. The number of hydrogen-bond donors (Lipinski definition) is 1. The van der Waals surface area contributed by atoms with Gasteiger partial charge in [0.05, 0.1) is 7.11 Å². The Bertz CT molecular complexity index is 628. The molecule has 0 aliphatic heterocycles. The van der Waals surface area contributed by atoms with E-state index in [9.17, 15) is 17.6 Å². The summed E-state index contributed by atoms with van der Waals surface area (Å²) in [5, 5.41) is 2.63. The molecular formula is C11H11ClFNO4S. The highest BCUT2D eigenvalue weighted by molar-refractivity contribution is 8.13. The third-order valence-electron chi connectivity index (χ3n) is 2.65. The van der Waals surface area contributed by atoms with E-state index in [0.717, 1.165) is 32.1 Å². The van der Waals surface area contributed by atoms with Crippen molar-refractivity contribution in [3.8, 4) is 5.75 Å². The Labute approximate surface area is 114 Å². The first-order valence-corrected chi connectivity index (χ1v) is 7.77. The van der Waals surface area contributed by atoms with Crippen molar-refractivity contribution >= 4 is 25.6 Å². The molecule has 0 aromatic heterocycles. The predicted octanol–water partition coefficient (Wildman–Crippen LogP) is 1.65. The maximum absolute atomic E-state index is 13.7. The summed E-state index contributed by atoms with van der Waals surface area (Å²) in [5.74, 6) is -1.99. The van der Waals surface area contributed by atoms with Crippen LogP contribution in [0.25, 0.3) is 0 Å². The highest BCUT2D eigenvalue weighted by atomic mass is 35.7. The van der Waals surface area contributed by atoms with Gasteiger partial charge in [0, 0.05) is 22.3 Å². The number of benzene rings is 1. The Morgan fingerprint density at radius 3 is 2.58 bits per heavy atom. The van der Waals surface area contributed by atoms with Gasteiger partial charge in [0.2, 0.25) is 0 Å². The van der Waals surface area contributed by atoms with Crippen molar-refractivity contribution in [3.63, 3.8) is 0 Å². The molecule has 0 saturated heterocycles. The Morgan fingerprint density at radius 2 is 2.11 bits per heavy atom. The second-order valence-electron chi connectivity index (χ2n) is 4.18. The molecule has 1 aromatic carbocycles. The van der Waals surface area contributed by atoms with E-state index in [0.29, 0.717) is 0 Å². The van der Waals surface area contributed by atoms with Crippen LogP contribution in [0.4, 0.5) is 4.39 Å². The first kappa shape index (κ1) is 14.1. The highest BCUT2D eigenvalue weighted by Gasteiger charge is 2.27. The molecule has 1 aliphatic rings. The summed E-state index contributed by atoms with van der Waals surface area (Å²) in [6.45, 7) is 0. The molecule has 0 unspecified atom stereocenters. The van der Waals surface area contributed by atoms with Gasteiger partial charge in [-0.2, -0.15) is 0 Å². The number of amides is 1. The third-order valence-corrected chi connectivity index (χ3v) is 3.98. The Morgan fingerprint density at radius 1 is 1.47 bits per heavy atom. The standard InChI is InChI=1S/C11H11ClFNO4S/c1-18-10-8(13)4-6(5-9(10)19(12,16)17)11(15)14-7-2-3-7/h4-5,7H,2-3H2,1H3,(H,14,15). The molecule has 8 heteroatoms. The molecule has 1 amide bonds.